The first kappa shape index (κ1) is 14.4. The molecule has 6 heteroatoms. The predicted octanol–water partition coefficient (Wildman–Crippen LogP) is 3.83. The number of hydrogen-bond acceptors (Lipinski definition) is 3. The number of thiophene rings is 1. The van der Waals surface area contributed by atoms with E-state index in [1.54, 1.807) is 23.6 Å². The zero-order valence-electron chi connectivity index (χ0n) is 13.0. The molecule has 0 N–H and O–H groups in total. The van der Waals surface area contributed by atoms with Gasteiger partial charge in [-0.2, -0.15) is 5.10 Å². The van der Waals surface area contributed by atoms with E-state index in [1.165, 1.54) is 9.56 Å². The first-order chi connectivity index (χ1) is 11.1. The summed E-state index contributed by atoms with van der Waals surface area (Å²) in [7, 11) is 1.89. The van der Waals surface area contributed by atoms with Crippen LogP contribution in [0.25, 0.3) is 21.1 Å². The molecule has 3 heterocycles. The highest BCUT2D eigenvalue weighted by Gasteiger charge is 2.17. The fourth-order valence-electron chi connectivity index (χ4n) is 3.13. The van der Waals surface area contributed by atoms with Crippen molar-refractivity contribution in [1.82, 2.24) is 14.3 Å². The normalized spacial score (nSPS) is 15.3. The molecule has 4 rings (SSSR count). The predicted molar refractivity (Wildman–Crippen MR) is 91.6 cm³/mol. The standard InChI is InChI=1S/C17H16FN3OS/c1-10-7-14-16(23-10)12-8-19-21(17(22)15(12)20(14)2)9-11-5-3-4-6-13(11)18/h3,5,7-8H,4,6,9H2,1-2H3. The Labute approximate surface area is 136 Å². The summed E-state index contributed by atoms with van der Waals surface area (Å²) in [6.07, 6.45) is 6.53. The summed E-state index contributed by atoms with van der Waals surface area (Å²) < 4.78 is 18.2. The van der Waals surface area contributed by atoms with Gasteiger partial charge in [0.25, 0.3) is 5.56 Å². The molecule has 1 aliphatic carbocycles. The Morgan fingerprint density at radius 1 is 1.43 bits per heavy atom. The molecular weight excluding hydrogens is 313 g/mol. The molecule has 0 saturated carbocycles. The van der Waals surface area contributed by atoms with Gasteiger partial charge in [0.15, 0.2) is 0 Å². The van der Waals surface area contributed by atoms with E-state index >= 15 is 0 Å². The minimum absolute atomic E-state index is 0.148. The molecule has 0 aliphatic heterocycles. The number of hydrogen-bond donors (Lipinski definition) is 0. The van der Waals surface area contributed by atoms with Crippen LogP contribution in [0.5, 0.6) is 0 Å². The number of fused-ring (bicyclic) bond motifs is 3. The van der Waals surface area contributed by atoms with Crippen molar-refractivity contribution in [3.63, 3.8) is 0 Å². The van der Waals surface area contributed by atoms with Gasteiger partial charge >= 0.3 is 0 Å². The third-order valence-electron chi connectivity index (χ3n) is 4.31. The Morgan fingerprint density at radius 2 is 2.26 bits per heavy atom. The molecule has 0 saturated heterocycles. The van der Waals surface area contributed by atoms with E-state index in [1.807, 2.05) is 17.7 Å². The van der Waals surface area contributed by atoms with Gasteiger partial charge in [-0.15, -0.1) is 11.3 Å². The van der Waals surface area contributed by atoms with Crippen LogP contribution >= 0.6 is 11.3 Å². The van der Waals surface area contributed by atoms with Crippen LogP contribution in [0.15, 0.2) is 40.6 Å². The Bertz CT molecular complexity index is 1050. The van der Waals surface area contributed by atoms with E-state index in [9.17, 15) is 9.18 Å². The number of halogens is 1. The quantitative estimate of drug-likeness (QED) is 0.717. The van der Waals surface area contributed by atoms with Crippen LogP contribution in [0.2, 0.25) is 0 Å². The Hall–Kier alpha value is -2.21. The van der Waals surface area contributed by atoms with Crippen LogP contribution in [0.1, 0.15) is 17.7 Å². The zero-order valence-corrected chi connectivity index (χ0v) is 13.8. The van der Waals surface area contributed by atoms with Crippen molar-refractivity contribution in [1.29, 1.82) is 0 Å². The largest absolute Gasteiger partial charge is 0.338 e. The fraction of sp³-hybridized carbons (Fsp3) is 0.294. The van der Waals surface area contributed by atoms with Crippen LogP contribution in [-0.2, 0) is 13.6 Å². The molecular formula is C17H16FN3OS. The third kappa shape index (κ3) is 2.16. The van der Waals surface area contributed by atoms with Crippen molar-refractivity contribution in [3.8, 4) is 0 Å². The smallest absolute Gasteiger partial charge is 0.291 e. The first-order valence-electron chi connectivity index (χ1n) is 7.55. The Kier molecular flexibility index (Phi) is 3.23. The summed E-state index contributed by atoms with van der Waals surface area (Å²) in [5.41, 5.74) is 2.03. The molecule has 0 spiro atoms. The number of nitrogens with zero attached hydrogens (tertiary/aromatic N) is 3. The monoisotopic (exact) mass is 329 g/mol. The van der Waals surface area contributed by atoms with Crippen molar-refractivity contribution in [2.75, 3.05) is 0 Å². The summed E-state index contributed by atoms with van der Waals surface area (Å²) in [6, 6.07) is 2.08. The average Bonchev–Trinajstić information content (AvgIpc) is 3.02. The lowest BCUT2D eigenvalue weighted by atomic mass is 10.1. The van der Waals surface area contributed by atoms with Gasteiger partial charge in [-0.1, -0.05) is 12.2 Å². The molecule has 118 valence electrons. The second-order valence-electron chi connectivity index (χ2n) is 5.87. The maximum absolute atomic E-state index is 13.9. The minimum atomic E-state index is -0.176. The summed E-state index contributed by atoms with van der Waals surface area (Å²) in [6.45, 7) is 2.23. The van der Waals surface area contributed by atoms with Gasteiger partial charge in [0.05, 0.1) is 23.0 Å². The summed E-state index contributed by atoms with van der Waals surface area (Å²) in [5.74, 6) is -0.148. The maximum Gasteiger partial charge on any atom is 0.291 e. The molecule has 0 aromatic carbocycles. The highest BCUT2D eigenvalue weighted by Crippen LogP contribution is 2.32. The third-order valence-corrected chi connectivity index (χ3v) is 5.39. The molecule has 1 aliphatic rings. The van der Waals surface area contributed by atoms with E-state index in [4.69, 9.17) is 0 Å². The second kappa shape index (κ2) is 5.16. The number of allylic oxidation sites excluding steroid dienone is 4. The van der Waals surface area contributed by atoms with Crippen molar-refractivity contribution in [2.45, 2.75) is 26.3 Å². The molecule has 0 amide bonds. The van der Waals surface area contributed by atoms with E-state index < -0.39 is 0 Å². The molecule has 4 nitrogen and oxygen atoms in total. The van der Waals surface area contributed by atoms with Crippen molar-refractivity contribution >= 4 is 32.5 Å². The average molecular weight is 329 g/mol. The second-order valence-corrected chi connectivity index (χ2v) is 7.13. The van der Waals surface area contributed by atoms with Crippen LogP contribution in [0, 0.1) is 6.92 Å². The van der Waals surface area contributed by atoms with Crippen molar-refractivity contribution in [3.05, 3.63) is 51.0 Å². The van der Waals surface area contributed by atoms with E-state index in [-0.39, 0.29) is 17.9 Å². The van der Waals surface area contributed by atoms with Gasteiger partial charge in [-0.05, 0) is 19.4 Å². The van der Waals surface area contributed by atoms with Crippen LogP contribution in [0.3, 0.4) is 0 Å². The van der Waals surface area contributed by atoms with Gasteiger partial charge in [0, 0.05) is 29.3 Å². The number of aryl methyl sites for hydroxylation is 2. The van der Waals surface area contributed by atoms with Crippen LogP contribution in [-0.4, -0.2) is 14.3 Å². The molecule has 0 atom stereocenters. The SMILES string of the molecule is Cc1cc2c(s1)c1cnn(CC3=C(F)CCC=C3)c(=O)c1n2C. The van der Waals surface area contributed by atoms with Gasteiger partial charge in [-0.3, -0.25) is 4.79 Å². The molecule has 0 radical (unpaired) electrons. The molecule has 0 fully saturated rings. The van der Waals surface area contributed by atoms with Crippen molar-refractivity contribution in [2.24, 2.45) is 7.05 Å². The summed E-state index contributed by atoms with van der Waals surface area (Å²) in [4.78, 5) is 14.0. The molecule has 0 bridgehead atoms. The molecule has 3 aromatic rings. The highest BCUT2D eigenvalue weighted by atomic mass is 32.1. The molecule has 0 unspecified atom stereocenters. The number of aromatic nitrogens is 3. The highest BCUT2D eigenvalue weighted by molar-refractivity contribution is 7.20. The van der Waals surface area contributed by atoms with Crippen molar-refractivity contribution < 1.29 is 4.39 Å². The van der Waals surface area contributed by atoms with Crippen LogP contribution < -0.4 is 5.56 Å². The Morgan fingerprint density at radius 3 is 3.04 bits per heavy atom. The van der Waals surface area contributed by atoms with Gasteiger partial charge in [-0.25, -0.2) is 9.07 Å². The topological polar surface area (TPSA) is 39.8 Å². The van der Waals surface area contributed by atoms with Gasteiger partial charge < -0.3 is 4.57 Å². The fourth-order valence-corrected chi connectivity index (χ4v) is 4.18. The lowest BCUT2D eigenvalue weighted by Crippen LogP contribution is -2.25. The van der Waals surface area contributed by atoms with Crippen LogP contribution in [0.4, 0.5) is 4.39 Å². The Balaban J connectivity index is 1.90. The summed E-state index contributed by atoms with van der Waals surface area (Å²) in [5, 5.41) is 5.14. The first-order valence-corrected chi connectivity index (χ1v) is 8.36. The number of rotatable bonds is 2. The lowest BCUT2D eigenvalue weighted by Gasteiger charge is -2.11. The zero-order chi connectivity index (χ0) is 16.1. The maximum atomic E-state index is 13.9. The lowest BCUT2D eigenvalue weighted by molar-refractivity contribution is 0.549. The van der Waals surface area contributed by atoms with E-state index in [2.05, 4.69) is 18.1 Å². The van der Waals surface area contributed by atoms with E-state index in [0.717, 1.165) is 15.6 Å². The van der Waals surface area contributed by atoms with Gasteiger partial charge in [0.1, 0.15) is 11.3 Å². The minimum Gasteiger partial charge on any atom is -0.338 e. The van der Waals surface area contributed by atoms with Gasteiger partial charge in [0.2, 0.25) is 0 Å². The molecule has 23 heavy (non-hydrogen) atoms. The summed E-state index contributed by atoms with van der Waals surface area (Å²) >= 11 is 1.66. The molecule has 3 aromatic heterocycles. The van der Waals surface area contributed by atoms with E-state index in [0.29, 0.717) is 23.9 Å².